The van der Waals surface area contributed by atoms with Crippen LogP contribution in [0.15, 0.2) is 0 Å². The Morgan fingerprint density at radius 1 is 1.67 bits per heavy atom. The van der Waals surface area contributed by atoms with E-state index in [0.717, 1.165) is 6.54 Å². The van der Waals surface area contributed by atoms with Crippen molar-refractivity contribution < 1.29 is 4.79 Å². The van der Waals surface area contributed by atoms with E-state index < -0.39 is 0 Å². The molecule has 1 saturated carbocycles. The molecule has 52 valence electrons. The third-order valence-electron chi connectivity index (χ3n) is 1.34. The normalized spacial score (nSPS) is 21.1. The lowest BCUT2D eigenvalue weighted by Gasteiger charge is -2.04. The van der Waals surface area contributed by atoms with Crippen molar-refractivity contribution in [1.82, 2.24) is 5.32 Å². The predicted molar refractivity (Wildman–Crippen MR) is 53.4 cm³/mol. The molecule has 4 heteroatoms. The summed E-state index contributed by atoms with van der Waals surface area (Å²) < 4.78 is 0.467. The summed E-state index contributed by atoms with van der Waals surface area (Å²) in [4.78, 5) is 10.4. The van der Waals surface area contributed by atoms with Crippen LogP contribution in [0.3, 0.4) is 0 Å². The molecule has 0 aromatic carbocycles. The Morgan fingerprint density at radius 2 is 2.22 bits per heavy atom. The second-order valence-electron chi connectivity index (χ2n) is 2.28. The molecule has 1 aliphatic rings. The van der Waals surface area contributed by atoms with Gasteiger partial charge >= 0.3 is 0 Å². The van der Waals surface area contributed by atoms with Crippen LogP contribution in [0.1, 0.15) is 12.8 Å². The van der Waals surface area contributed by atoms with Gasteiger partial charge in [0.15, 0.2) is 0 Å². The molecule has 1 rings (SSSR count). The highest BCUT2D eigenvalue weighted by Gasteiger charge is 2.39. The Balaban J connectivity index is 2.12. The molecule has 0 unspecified atom stereocenters. The molecular formula is C5H7I2NO. The molecule has 1 aliphatic carbocycles. The summed E-state index contributed by atoms with van der Waals surface area (Å²) >= 11 is 4.16. The standard InChI is InChI=1S/C5H7I2NO/c6-4(9)8-3-5(7)1-2-5/h1-3H2,(H,8,9). The number of carbonyl (C=O) groups excluding carboxylic acids is 1. The minimum Gasteiger partial charge on any atom is -0.346 e. The number of hydrogen-bond donors (Lipinski definition) is 1. The minimum atomic E-state index is 0.0514. The van der Waals surface area contributed by atoms with Crippen molar-refractivity contribution in [1.29, 1.82) is 0 Å². The number of rotatable bonds is 2. The first-order valence-corrected chi connectivity index (χ1v) is 4.90. The van der Waals surface area contributed by atoms with E-state index in [1.165, 1.54) is 12.8 Å². The van der Waals surface area contributed by atoms with Gasteiger partial charge in [-0.3, -0.25) is 4.79 Å². The summed E-state index contributed by atoms with van der Waals surface area (Å²) in [5, 5.41) is 2.79. The number of hydrogen-bond acceptors (Lipinski definition) is 1. The van der Waals surface area contributed by atoms with E-state index in [1.807, 2.05) is 0 Å². The molecule has 0 aliphatic heterocycles. The van der Waals surface area contributed by atoms with Gasteiger partial charge in [0.05, 0.1) is 0 Å². The number of alkyl halides is 1. The Labute approximate surface area is 81.4 Å². The van der Waals surface area contributed by atoms with Crippen molar-refractivity contribution >= 4 is 49.1 Å². The Hall–Kier alpha value is 0.930. The molecule has 0 saturated heterocycles. The van der Waals surface area contributed by atoms with Crippen LogP contribution >= 0.6 is 45.2 Å². The van der Waals surface area contributed by atoms with Gasteiger partial charge < -0.3 is 5.32 Å². The molecule has 2 nitrogen and oxygen atoms in total. The third-order valence-corrected chi connectivity index (χ3v) is 3.18. The van der Waals surface area contributed by atoms with Crippen LogP contribution in [-0.4, -0.2) is 13.9 Å². The van der Waals surface area contributed by atoms with Crippen LogP contribution in [0.4, 0.5) is 4.79 Å². The van der Waals surface area contributed by atoms with E-state index in [4.69, 9.17) is 0 Å². The summed E-state index contributed by atoms with van der Waals surface area (Å²) in [6, 6.07) is 0. The van der Waals surface area contributed by atoms with E-state index in [-0.39, 0.29) is 3.91 Å². The van der Waals surface area contributed by atoms with Crippen molar-refractivity contribution in [2.24, 2.45) is 0 Å². The third kappa shape index (κ3) is 3.01. The molecule has 0 radical (unpaired) electrons. The summed E-state index contributed by atoms with van der Waals surface area (Å²) in [6.45, 7) is 0.843. The molecule has 9 heavy (non-hydrogen) atoms. The minimum absolute atomic E-state index is 0.0514. The van der Waals surface area contributed by atoms with Crippen LogP contribution in [0.2, 0.25) is 0 Å². The second-order valence-corrected chi connectivity index (χ2v) is 5.55. The molecule has 1 amide bonds. The van der Waals surface area contributed by atoms with Crippen LogP contribution in [0.25, 0.3) is 0 Å². The van der Waals surface area contributed by atoms with Crippen LogP contribution in [-0.2, 0) is 0 Å². The maximum atomic E-state index is 10.4. The van der Waals surface area contributed by atoms with Crippen molar-refractivity contribution in [3.05, 3.63) is 0 Å². The van der Waals surface area contributed by atoms with Gasteiger partial charge in [0.25, 0.3) is 3.91 Å². The zero-order valence-electron chi connectivity index (χ0n) is 4.79. The van der Waals surface area contributed by atoms with Gasteiger partial charge in [-0.15, -0.1) is 0 Å². The molecule has 1 N–H and O–H groups in total. The van der Waals surface area contributed by atoms with Crippen LogP contribution < -0.4 is 5.32 Å². The fraction of sp³-hybridized carbons (Fsp3) is 0.800. The van der Waals surface area contributed by atoms with E-state index in [1.54, 1.807) is 22.6 Å². The van der Waals surface area contributed by atoms with Crippen molar-refractivity contribution in [2.75, 3.05) is 6.54 Å². The average Bonchev–Trinajstić information content (AvgIpc) is 2.45. The topological polar surface area (TPSA) is 29.1 Å². The lowest BCUT2D eigenvalue weighted by Crippen LogP contribution is -2.25. The molecular weight excluding hydrogens is 344 g/mol. The highest BCUT2D eigenvalue weighted by atomic mass is 127. The van der Waals surface area contributed by atoms with Gasteiger partial charge in [-0.05, 0) is 12.8 Å². The molecule has 0 bridgehead atoms. The highest BCUT2D eigenvalue weighted by molar-refractivity contribution is 14.1. The smallest absolute Gasteiger partial charge is 0.280 e. The van der Waals surface area contributed by atoms with E-state index >= 15 is 0 Å². The average molecular weight is 351 g/mol. The summed E-state index contributed by atoms with van der Waals surface area (Å²) in [6.07, 6.45) is 2.51. The molecule has 0 aromatic heterocycles. The van der Waals surface area contributed by atoms with Crippen molar-refractivity contribution in [2.45, 2.75) is 16.3 Å². The Bertz CT molecular complexity index is 133. The molecule has 0 atom stereocenters. The SMILES string of the molecule is O=C(I)NCC1(I)CC1. The molecule has 0 aromatic rings. The van der Waals surface area contributed by atoms with Gasteiger partial charge in [0, 0.05) is 32.6 Å². The van der Waals surface area contributed by atoms with E-state index in [9.17, 15) is 4.79 Å². The monoisotopic (exact) mass is 351 g/mol. The van der Waals surface area contributed by atoms with E-state index in [0.29, 0.717) is 3.42 Å². The predicted octanol–water partition coefficient (Wildman–Crippen LogP) is 2.10. The lowest BCUT2D eigenvalue weighted by atomic mass is 10.4. The van der Waals surface area contributed by atoms with Crippen molar-refractivity contribution in [3.63, 3.8) is 0 Å². The van der Waals surface area contributed by atoms with Gasteiger partial charge in [-0.1, -0.05) is 22.6 Å². The summed E-state index contributed by atoms with van der Waals surface area (Å²) in [5.74, 6) is 0. The summed E-state index contributed by atoms with van der Waals surface area (Å²) in [7, 11) is 0. The van der Waals surface area contributed by atoms with Gasteiger partial charge in [-0.2, -0.15) is 0 Å². The first kappa shape index (κ1) is 8.03. The first-order chi connectivity index (χ1) is 4.12. The molecule has 0 heterocycles. The fourth-order valence-corrected chi connectivity index (χ4v) is 1.19. The fourth-order valence-electron chi connectivity index (χ4n) is 0.540. The van der Waals surface area contributed by atoms with Crippen LogP contribution in [0.5, 0.6) is 0 Å². The lowest BCUT2D eigenvalue weighted by molar-refractivity contribution is 0.263. The maximum absolute atomic E-state index is 10.4. The number of carbonyl (C=O) groups is 1. The van der Waals surface area contributed by atoms with Crippen molar-refractivity contribution in [3.8, 4) is 0 Å². The number of amides is 1. The summed E-state index contributed by atoms with van der Waals surface area (Å²) in [5.41, 5.74) is 0. The van der Waals surface area contributed by atoms with Crippen LogP contribution in [0, 0.1) is 0 Å². The zero-order valence-corrected chi connectivity index (χ0v) is 9.10. The Kier molecular flexibility index (Phi) is 2.58. The van der Waals surface area contributed by atoms with Gasteiger partial charge in [-0.25, -0.2) is 0 Å². The number of halogens is 2. The zero-order chi connectivity index (χ0) is 6.91. The first-order valence-electron chi connectivity index (χ1n) is 2.75. The van der Waals surface area contributed by atoms with Gasteiger partial charge in [0.1, 0.15) is 0 Å². The highest BCUT2D eigenvalue weighted by Crippen LogP contribution is 2.44. The molecule has 1 fully saturated rings. The quantitative estimate of drug-likeness (QED) is 0.351. The largest absolute Gasteiger partial charge is 0.346 e. The number of nitrogens with one attached hydrogen (secondary N) is 1. The molecule has 0 spiro atoms. The van der Waals surface area contributed by atoms with Gasteiger partial charge in [0.2, 0.25) is 0 Å². The maximum Gasteiger partial charge on any atom is 0.280 e. The van der Waals surface area contributed by atoms with E-state index in [2.05, 4.69) is 27.9 Å². The Morgan fingerprint density at radius 3 is 2.56 bits per heavy atom. The second kappa shape index (κ2) is 2.89.